The standard InChI is InChI=1S/C8H17NO/c1-2-9-6-3-4-8(10)5-7-9/h8,10H,2-7H2,1H3/t8-/m0/s1. The van der Waals surface area contributed by atoms with Crippen LogP contribution in [0.4, 0.5) is 0 Å². The highest BCUT2D eigenvalue weighted by molar-refractivity contribution is 4.67. The van der Waals surface area contributed by atoms with Gasteiger partial charge in [0.2, 0.25) is 0 Å². The lowest BCUT2D eigenvalue weighted by atomic mass is 10.2. The highest BCUT2D eigenvalue weighted by Crippen LogP contribution is 2.09. The van der Waals surface area contributed by atoms with E-state index in [0.717, 1.165) is 32.4 Å². The molecule has 0 saturated carbocycles. The molecule has 0 aliphatic carbocycles. The molecular weight excluding hydrogens is 126 g/mol. The number of aliphatic hydroxyl groups excluding tert-OH is 1. The third-order valence-electron chi connectivity index (χ3n) is 2.24. The van der Waals surface area contributed by atoms with E-state index in [1.165, 1.54) is 6.54 Å². The van der Waals surface area contributed by atoms with Crippen LogP contribution < -0.4 is 0 Å². The van der Waals surface area contributed by atoms with Crippen molar-refractivity contribution in [2.75, 3.05) is 19.6 Å². The molecule has 0 aromatic carbocycles. The summed E-state index contributed by atoms with van der Waals surface area (Å²) in [5.74, 6) is 0. The number of likely N-dealkylation sites (tertiary alicyclic amines) is 1. The number of aliphatic hydroxyl groups is 1. The molecule has 0 aromatic rings. The Morgan fingerprint density at radius 2 is 2.20 bits per heavy atom. The molecule has 1 aliphatic heterocycles. The fourth-order valence-corrected chi connectivity index (χ4v) is 1.45. The molecule has 1 fully saturated rings. The monoisotopic (exact) mass is 143 g/mol. The van der Waals surface area contributed by atoms with Crippen LogP contribution in [-0.4, -0.2) is 35.7 Å². The van der Waals surface area contributed by atoms with E-state index in [0.29, 0.717) is 0 Å². The largest absolute Gasteiger partial charge is 0.393 e. The van der Waals surface area contributed by atoms with Crippen LogP contribution in [0, 0.1) is 0 Å². The quantitative estimate of drug-likeness (QED) is 0.588. The van der Waals surface area contributed by atoms with Gasteiger partial charge in [0.1, 0.15) is 0 Å². The molecule has 1 aliphatic rings. The molecule has 0 radical (unpaired) electrons. The summed E-state index contributed by atoms with van der Waals surface area (Å²) in [6, 6.07) is 0. The Morgan fingerprint density at radius 1 is 1.40 bits per heavy atom. The van der Waals surface area contributed by atoms with E-state index >= 15 is 0 Å². The van der Waals surface area contributed by atoms with Crippen molar-refractivity contribution in [3.05, 3.63) is 0 Å². The average Bonchev–Trinajstić information content (AvgIpc) is 2.14. The van der Waals surface area contributed by atoms with Crippen LogP contribution in [0.2, 0.25) is 0 Å². The Morgan fingerprint density at radius 3 is 2.90 bits per heavy atom. The maximum atomic E-state index is 9.28. The first kappa shape index (κ1) is 8.02. The molecule has 0 spiro atoms. The van der Waals surface area contributed by atoms with Crippen LogP contribution in [-0.2, 0) is 0 Å². The number of rotatable bonds is 1. The molecule has 0 unspecified atom stereocenters. The van der Waals surface area contributed by atoms with Crippen LogP contribution in [0.1, 0.15) is 26.2 Å². The Hall–Kier alpha value is -0.0800. The normalized spacial score (nSPS) is 30.0. The second kappa shape index (κ2) is 3.94. The van der Waals surface area contributed by atoms with Crippen molar-refractivity contribution in [3.63, 3.8) is 0 Å². The van der Waals surface area contributed by atoms with Crippen molar-refractivity contribution in [2.45, 2.75) is 32.3 Å². The molecular formula is C8H17NO. The summed E-state index contributed by atoms with van der Waals surface area (Å²) in [5, 5.41) is 9.28. The zero-order valence-corrected chi connectivity index (χ0v) is 6.71. The van der Waals surface area contributed by atoms with Gasteiger partial charge >= 0.3 is 0 Å². The van der Waals surface area contributed by atoms with Crippen molar-refractivity contribution in [3.8, 4) is 0 Å². The van der Waals surface area contributed by atoms with Gasteiger partial charge in [0, 0.05) is 6.54 Å². The molecule has 2 nitrogen and oxygen atoms in total. The molecule has 0 aromatic heterocycles. The second-order valence-electron chi connectivity index (χ2n) is 3.02. The molecule has 0 bridgehead atoms. The molecule has 10 heavy (non-hydrogen) atoms. The predicted octanol–water partition coefficient (Wildman–Crippen LogP) is 0.853. The van der Waals surface area contributed by atoms with Gasteiger partial charge in [-0.1, -0.05) is 6.92 Å². The Kier molecular flexibility index (Phi) is 3.16. The van der Waals surface area contributed by atoms with Crippen molar-refractivity contribution in [1.82, 2.24) is 4.90 Å². The molecule has 2 heteroatoms. The van der Waals surface area contributed by atoms with E-state index < -0.39 is 0 Å². The molecule has 60 valence electrons. The Bertz CT molecular complexity index is 95.3. The summed E-state index contributed by atoms with van der Waals surface area (Å²) in [6.07, 6.45) is 3.09. The van der Waals surface area contributed by atoms with Crippen LogP contribution in [0.15, 0.2) is 0 Å². The van der Waals surface area contributed by atoms with Gasteiger partial charge in [-0.15, -0.1) is 0 Å². The topological polar surface area (TPSA) is 23.5 Å². The van der Waals surface area contributed by atoms with E-state index in [-0.39, 0.29) is 6.10 Å². The summed E-state index contributed by atoms with van der Waals surface area (Å²) in [7, 11) is 0. The molecule has 1 rings (SSSR count). The van der Waals surface area contributed by atoms with Gasteiger partial charge < -0.3 is 10.0 Å². The van der Waals surface area contributed by atoms with E-state index in [1.54, 1.807) is 0 Å². The summed E-state index contributed by atoms with van der Waals surface area (Å²) in [4.78, 5) is 2.40. The summed E-state index contributed by atoms with van der Waals surface area (Å²) in [6.45, 7) is 5.57. The number of hydrogen-bond donors (Lipinski definition) is 1. The predicted molar refractivity (Wildman–Crippen MR) is 42.0 cm³/mol. The van der Waals surface area contributed by atoms with E-state index in [4.69, 9.17) is 0 Å². The van der Waals surface area contributed by atoms with E-state index in [9.17, 15) is 5.11 Å². The fraction of sp³-hybridized carbons (Fsp3) is 1.00. The van der Waals surface area contributed by atoms with Crippen LogP contribution >= 0.6 is 0 Å². The van der Waals surface area contributed by atoms with Crippen molar-refractivity contribution in [2.24, 2.45) is 0 Å². The average molecular weight is 143 g/mol. The fourth-order valence-electron chi connectivity index (χ4n) is 1.45. The summed E-state index contributed by atoms with van der Waals surface area (Å²) >= 11 is 0. The lowest BCUT2D eigenvalue weighted by Crippen LogP contribution is -2.24. The smallest absolute Gasteiger partial charge is 0.0553 e. The molecule has 1 N–H and O–H groups in total. The highest BCUT2D eigenvalue weighted by atomic mass is 16.3. The van der Waals surface area contributed by atoms with Gasteiger partial charge in [-0.3, -0.25) is 0 Å². The number of hydrogen-bond acceptors (Lipinski definition) is 2. The Labute approximate surface area is 62.8 Å². The molecule has 0 amide bonds. The van der Waals surface area contributed by atoms with Gasteiger partial charge in [-0.25, -0.2) is 0 Å². The lowest BCUT2D eigenvalue weighted by Gasteiger charge is -2.16. The lowest BCUT2D eigenvalue weighted by molar-refractivity contribution is 0.156. The first-order chi connectivity index (χ1) is 4.83. The second-order valence-corrected chi connectivity index (χ2v) is 3.02. The first-order valence-electron chi connectivity index (χ1n) is 4.23. The van der Waals surface area contributed by atoms with Gasteiger partial charge in [0.05, 0.1) is 6.10 Å². The number of nitrogens with zero attached hydrogens (tertiary/aromatic N) is 1. The maximum absolute atomic E-state index is 9.28. The molecule has 1 saturated heterocycles. The van der Waals surface area contributed by atoms with Gasteiger partial charge in [0.25, 0.3) is 0 Å². The molecule has 1 atom stereocenters. The summed E-state index contributed by atoms with van der Waals surface area (Å²) < 4.78 is 0. The highest BCUT2D eigenvalue weighted by Gasteiger charge is 2.12. The molecule has 1 heterocycles. The minimum atomic E-state index is -0.0310. The van der Waals surface area contributed by atoms with E-state index in [1.807, 2.05) is 0 Å². The van der Waals surface area contributed by atoms with Gasteiger partial charge in [-0.05, 0) is 32.4 Å². The van der Waals surface area contributed by atoms with Crippen LogP contribution in [0.5, 0.6) is 0 Å². The third kappa shape index (κ3) is 2.27. The minimum Gasteiger partial charge on any atom is -0.393 e. The zero-order valence-electron chi connectivity index (χ0n) is 6.71. The van der Waals surface area contributed by atoms with Gasteiger partial charge in [-0.2, -0.15) is 0 Å². The summed E-state index contributed by atoms with van der Waals surface area (Å²) in [5.41, 5.74) is 0. The van der Waals surface area contributed by atoms with Crippen LogP contribution in [0.3, 0.4) is 0 Å². The maximum Gasteiger partial charge on any atom is 0.0553 e. The van der Waals surface area contributed by atoms with Gasteiger partial charge in [0.15, 0.2) is 0 Å². The van der Waals surface area contributed by atoms with Crippen LogP contribution in [0.25, 0.3) is 0 Å². The van der Waals surface area contributed by atoms with Crippen molar-refractivity contribution >= 4 is 0 Å². The minimum absolute atomic E-state index is 0.0310. The van der Waals surface area contributed by atoms with Crippen molar-refractivity contribution < 1.29 is 5.11 Å². The Balaban J connectivity index is 2.26. The SMILES string of the molecule is CCN1CCC[C@H](O)CC1. The van der Waals surface area contributed by atoms with E-state index in [2.05, 4.69) is 11.8 Å². The zero-order chi connectivity index (χ0) is 7.40. The first-order valence-corrected chi connectivity index (χ1v) is 4.23. The van der Waals surface area contributed by atoms with Crippen molar-refractivity contribution in [1.29, 1.82) is 0 Å². The third-order valence-corrected chi connectivity index (χ3v) is 2.24.